The zero-order valence-corrected chi connectivity index (χ0v) is 12.0. The third-order valence-electron chi connectivity index (χ3n) is 4.42. The van der Waals surface area contributed by atoms with Gasteiger partial charge >= 0.3 is 5.97 Å². The second-order valence-corrected chi connectivity index (χ2v) is 5.51. The van der Waals surface area contributed by atoms with Gasteiger partial charge in [0.1, 0.15) is 0 Å². The molecule has 0 bridgehead atoms. The molecule has 3 unspecified atom stereocenters. The molecule has 4 nitrogen and oxygen atoms in total. The molecule has 106 valence electrons. The van der Waals surface area contributed by atoms with Crippen molar-refractivity contribution in [2.45, 2.75) is 71.1 Å². The van der Waals surface area contributed by atoms with E-state index in [4.69, 9.17) is 9.84 Å². The predicted octanol–water partition coefficient (Wildman–Crippen LogP) is 2.42. The minimum absolute atomic E-state index is 0.00277. The summed E-state index contributed by atoms with van der Waals surface area (Å²) in [5, 5.41) is 12.5. The second-order valence-electron chi connectivity index (χ2n) is 5.51. The summed E-state index contributed by atoms with van der Waals surface area (Å²) in [5.74, 6) is -1.09. The van der Waals surface area contributed by atoms with Crippen molar-refractivity contribution in [1.82, 2.24) is 5.32 Å². The highest BCUT2D eigenvalue weighted by Crippen LogP contribution is 2.31. The fourth-order valence-corrected chi connectivity index (χ4v) is 2.64. The van der Waals surface area contributed by atoms with Crippen LogP contribution < -0.4 is 5.32 Å². The number of hydrogen-bond acceptors (Lipinski definition) is 3. The molecule has 2 N–H and O–H groups in total. The first-order chi connectivity index (χ1) is 8.44. The number of carbonyl (C=O) groups is 1. The van der Waals surface area contributed by atoms with Crippen molar-refractivity contribution >= 4 is 5.97 Å². The lowest BCUT2D eigenvalue weighted by atomic mass is 9.85. The van der Waals surface area contributed by atoms with E-state index < -0.39 is 5.97 Å². The number of carboxylic acids is 1. The highest BCUT2D eigenvalue weighted by atomic mass is 16.5. The van der Waals surface area contributed by atoms with Crippen LogP contribution in [0, 0.1) is 5.92 Å². The van der Waals surface area contributed by atoms with Crippen LogP contribution in [0.2, 0.25) is 0 Å². The minimum atomic E-state index is -0.737. The molecule has 0 aromatic heterocycles. The largest absolute Gasteiger partial charge is 0.481 e. The molecule has 1 aliphatic rings. The maximum Gasteiger partial charge on any atom is 0.307 e. The van der Waals surface area contributed by atoms with Gasteiger partial charge in [0, 0.05) is 18.7 Å². The molecule has 0 aliphatic carbocycles. The standard InChI is InChI=1S/C14H27NO3/c1-5-14(6-2)9-12(7-8-18-14)15-11(4)10(3)13(16)17/h10-12,15H,5-9H2,1-4H3,(H,16,17). The summed E-state index contributed by atoms with van der Waals surface area (Å²) in [6, 6.07) is 0.368. The molecule has 4 heteroatoms. The van der Waals surface area contributed by atoms with Gasteiger partial charge in [-0.15, -0.1) is 0 Å². The lowest BCUT2D eigenvalue weighted by molar-refractivity contribution is -0.142. The lowest BCUT2D eigenvalue weighted by Gasteiger charge is -2.41. The Hall–Kier alpha value is -0.610. The normalized spacial score (nSPS) is 26.6. The van der Waals surface area contributed by atoms with Gasteiger partial charge in [-0.05, 0) is 32.6 Å². The monoisotopic (exact) mass is 257 g/mol. The summed E-state index contributed by atoms with van der Waals surface area (Å²) in [6.07, 6.45) is 3.99. The molecule has 1 aliphatic heterocycles. The third kappa shape index (κ3) is 3.69. The molecule has 0 aromatic carbocycles. The molecule has 1 heterocycles. The molecule has 0 amide bonds. The maximum absolute atomic E-state index is 11.0. The molecular weight excluding hydrogens is 230 g/mol. The molecule has 1 fully saturated rings. The fraction of sp³-hybridized carbons (Fsp3) is 0.929. The van der Waals surface area contributed by atoms with Gasteiger partial charge in [0.05, 0.1) is 11.5 Å². The van der Waals surface area contributed by atoms with Gasteiger partial charge in [-0.2, -0.15) is 0 Å². The zero-order valence-electron chi connectivity index (χ0n) is 12.0. The number of carboxylic acid groups (broad SMARTS) is 1. The highest BCUT2D eigenvalue weighted by Gasteiger charge is 2.35. The van der Waals surface area contributed by atoms with E-state index >= 15 is 0 Å². The van der Waals surface area contributed by atoms with Crippen LogP contribution in [0.3, 0.4) is 0 Å². The van der Waals surface area contributed by atoms with Gasteiger partial charge < -0.3 is 15.2 Å². The molecule has 3 atom stereocenters. The number of ether oxygens (including phenoxy) is 1. The summed E-state index contributed by atoms with van der Waals surface area (Å²) >= 11 is 0. The van der Waals surface area contributed by atoms with E-state index in [-0.39, 0.29) is 17.6 Å². The Kier molecular flexibility index (Phi) is 5.60. The van der Waals surface area contributed by atoms with Gasteiger partial charge in [0.25, 0.3) is 0 Å². The van der Waals surface area contributed by atoms with Crippen molar-refractivity contribution in [3.05, 3.63) is 0 Å². The van der Waals surface area contributed by atoms with Crippen molar-refractivity contribution in [1.29, 1.82) is 0 Å². The molecule has 0 radical (unpaired) electrons. The van der Waals surface area contributed by atoms with Gasteiger partial charge in [0.15, 0.2) is 0 Å². The van der Waals surface area contributed by atoms with E-state index in [1.807, 2.05) is 6.92 Å². The van der Waals surface area contributed by atoms with Gasteiger partial charge in [-0.25, -0.2) is 0 Å². The summed E-state index contributed by atoms with van der Waals surface area (Å²) in [5.41, 5.74) is -0.0118. The Morgan fingerprint density at radius 1 is 1.44 bits per heavy atom. The van der Waals surface area contributed by atoms with Crippen LogP contribution in [0.5, 0.6) is 0 Å². The van der Waals surface area contributed by atoms with E-state index in [1.54, 1.807) is 6.92 Å². The van der Waals surface area contributed by atoms with E-state index in [0.29, 0.717) is 6.04 Å². The Morgan fingerprint density at radius 2 is 2.06 bits per heavy atom. The number of aliphatic carboxylic acids is 1. The number of nitrogens with one attached hydrogen (secondary N) is 1. The maximum atomic E-state index is 11.0. The topological polar surface area (TPSA) is 58.6 Å². The Balaban J connectivity index is 2.55. The average molecular weight is 257 g/mol. The van der Waals surface area contributed by atoms with Crippen LogP contribution in [-0.4, -0.2) is 35.4 Å². The first-order valence-corrected chi connectivity index (χ1v) is 7.07. The van der Waals surface area contributed by atoms with Crippen molar-refractivity contribution in [2.75, 3.05) is 6.61 Å². The van der Waals surface area contributed by atoms with Crippen molar-refractivity contribution < 1.29 is 14.6 Å². The summed E-state index contributed by atoms with van der Waals surface area (Å²) < 4.78 is 5.93. The molecule has 0 aromatic rings. The third-order valence-corrected chi connectivity index (χ3v) is 4.42. The van der Waals surface area contributed by atoms with Crippen LogP contribution >= 0.6 is 0 Å². The minimum Gasteiger partial charge on any atom is -0.481 e. The van der Waals surface area contributed by atoms with Gasteiger partial charge in [-0.3, -0.25) is 4.79 Å². The molecule has 18 heavy (non-hydrogen) atoms. The van der Waals surface area contributed by atoms with E-state index in [0.717, 1.165) is 32.3 Å². The molecule has 1 rings (SSSR count). The average Bonchev–Trinajstić information content (AvgIpc) is 2.37. The van der Waals surface area contributed by atoms with Crippen LogP contribution in [-0.2, 0) is 9.53 Å². The molecular formula is C14H27NO3. The quantitative estimate of drug-likeness (QED) is 0.767. The smallest absolute Gasteiger partial charge is 0.307 e. The first kappa shape index (κ1) is 15.4. The van der Waals surface area contributed by atoms with Crippen molar-refractivity contribution in [3.63, 3.8) is 0 Å². The Morgan fingerprint density at radius 3 is 2.56 bits per heavy atom. The second kappa shape index (κ2) is 6.53. The SMILES string of the molecule is CCC1(CC)CC(NC(C)C(C)C(=O)O)CCO1. The molecule has 0 saturated carbocycles. The summed E-state index contributed by atoms with van der Waals surface area (Å²) in [7, 11) is 0. The number of rotatable bonds is 6. The zero-order chi connectivity index (χ0) is 13.8. The van der Waals surface area contributed by atoms with E-state index in [2.05, 4.69) is 19.2 Å². The first-order valence-electron chi connectivity index (χ1n) is 7.07. The van der Waals surface area contributed by atoms with Gasteiger partial charge in [-0.1, -0.05) is 20.8 Å². The van der Waals surface area contributed by atoms with E-state index in [1.165, 1.54) is 0 Å². The Bertz CT molecular complexity index is 276. The summed E-state index contributed by atoms with van der Waals surface area (Å²) in [6.45, 7) is 8.80. The number of hydrogen-bond donors (Lipinski definition) is 2. The lowest BCUT2D eigenvalue weighted by Crippen LogP contribution is -2.50. The van der Waals surface area contributed by atoms with Crippen LogP contribution in [0.15, 0.2) is 0 Å². The predicted molar refractivity (Wildman–Crippen MR) is 71.7 cm³/mol. The van der Waals surface area contributed by atoms with E-state index in [9.17, 15) is 4.79 Å². The Labute approximate surface area is 110 Å². The van der Waals surface area contributed by atoms with Crippen molar-refractivity contribution in [2.24, 2.45) is 5.92 Å². The van der Waals surface area contributed by atoms with Crippen LogP contribution in [0.25, 0.3) is 0 Å². The fourth-order valence-electron chi connectivity index (χ4n) is 2.64. The molecule has 0 spiro atoms. The van der Waals surface area contributed by atoms with Crippen LogP contribution in [0.4, 0.5) is 0 Å². The highest BCUT2D eigenvalue weighted by molar-refractivity contribution is 5.70. The van der Waals surface area contributed by atoms with Gasteiger partial charge in [0.2, 0.25) is 0 Å². The van der Waals surface area contributed by atoms with Crippen molar-refractivity contribution in [3.8, 4) is 0 Å². The summed E-state index contributed by atoms with van der Waals surface area (Å²) in [4.78, 5) is 11.0. The molecule has 1 saturated heterocycles. The van der Waals surface area contributed by atoms with Crippen LogP contribution in [0.1, 0.15) is 53.4 Å².